The Hall–Kier alpha value is -4.51. The van der Waals surface area contributed by atoms with Crippen molar-refractivity contribution >= 4 is 42.0 Å². The molecule has 1 heterocycles. The fourth-order valence-electron chi connectivity index (χ4n) is 6.20. The van der Waals surface area contributed by atoms with E-state index in [2.05, 4.69) is 16.9 Å². The lowest BCUT2D eigenvalue weighted by molar-refractivity contribution is -0.149. The summed E-state index contributed by atoms with van der Waals surface area (Å²) in [6, 6.07) is 29.0. The van der Waals surface area contributed by atoms with Gasteiger partial charge in [0.2, 0.25) is 0 Å². The number of thiol groups is 1. The van der Waals surface area contributed by atoms with E-state index in [-0.39, 0.29) is 24.6 Å². The molecular weight excluding hydrogens is 702 g/mol. The Balaban J connectivity index is 1.43. The summed E-state index contributed by atoms with van der Waals surface area (Å²) in [5.41, 5.74) is 3.53. The van der Waals surface area contributed by atoms with Crippen LogP contribution in [0, 0.1) is 0 Å². The third-order valence-corrected chi connectivity index (χ3v) is 10.6. The van der Waals surface area contributed by atoms with Gasteiger partial charge in [0, 0.05) is 40.9 Å². The van der Waals surface area contributed by atoms with Crippen molar-refractivity contribution in [2.45, 2.75) is 61.2 Å². The molecule has 10 heteroatoms. The van der Waals surface area contributed by atoms with Crippen LogP contribution in [0.5, 0.6) is 0 Å². The Morgan fingerprint density at radius 3 is 2.15 bits per heavy atom. The van der Waals surface area contributed by atoms with Gasteiger partial charge < -0.3 is 10.0 Å². The number of carboxylic acids is 1. The molecule has 1 N–H and O–H groups in total. The molecule has 2 atom stereocenters. The molecule has 0 bridgehead atoms. The molecule has 0 saturated carbocycles. The Morgan fingerprint density at radius 1 is 0.904 bits per heavy atom. The topological polar surface area (TPSA) is 60.9 Å². The highest BCUT2D eigenvalue weighted by molar-refractivity contribution is 7.97. The van der Waals surface area contributed by atoms with E-state index in [0.717, 1.165) is 58.0 Å². The number of halogens is 3. The molecule has 1 unspecified atom stereocenters. The molecular formula is C42H41F3N2O3S2. The van der Waals surface area contributed by atoms with Gasteiger partial charge in [0.05, 0.1) is 5.56 Å². The third-order valence-electron chi connectivity index (χ3n) is 9.06. The number of hydrogen-bond acceptors (Lipinski definition) is 5. The quantitative estimate of drug-likeness (QED) is 0.0618. The predicted octanol–water partition coefficient (Wildman–Crippen LogP) is 10.3. The summed E-state index contributed by atoms with van der Waals surface area (Å²) in [6.07, 6.45) is 4.01. The molecule has 0 aliphatic carbocycles. The number of amides is 1. The average Bonchev–Trinajstić information content (AvgIpc) is 3.58. The van der Waals surface area contributed by atoms with Crippen LogP contribution in [0.25, 0.3) is 16.7 Å². The number of allylic oxidation sites excluding steroid dienone is 4. The first-order valence-corrected chi connectivity index (χ1v) is 18.3. The minimum absolute atomic E-state index is 0.103. The lowest BCUT2D eigenvalue weighted by Gasteiger charge is -2.34. The second-order valence-electron chi connectivity index (χ2n) is 12.5. The number of rotatable bonds is 13. The minimum atomic E-state index is -4.45. The molecule has 4 aromatic carbocycles. The van der Waals surface area contributed by atoms with Gasteiger partial charge in [0.1, 0.15) is 6.04 Å². The molecule has 0 spiro atoms. The highest BCUT2D eigenvalue weighted by Gasteiger charge is 2.36. The van der Waals surface area contributed by atoms with Crippen LogP contribution in [0.2, 0.25) is 0 Å². The standard InChI is InChI=1S/C42H41F3N2O3S2/c1-3-30(33-18-20-35(21-19-33)42(43,44)45)16-17-31(4-2)40(48)46(28-36-11-8-26-47(36)52-38-24-22-37(51)23-25-38)39(41(49)50)27-29-12-14-34(15-13-29)32-9-6-5-7-10-32/h3-7,9-10,12-25,36,39,51H,8,11,26-28H2,1-2H3,(H,49,50)/b17-16-,30-3+,31-4+/t36?,39-/m0/s1. The number of hydrogen-bond donors (Lipinski definition) is 2. The smallest absolute Gasteiger partial charge is 0.416 e. The number of aliphatic carboxylic acids is 1. The summed E-state index contributed by atoms with van der Waals surface area (Å²) >= 11 is 5.98. The number of benzene rings is 4. The van der Waals surface area contributed by atoms with Crippen molar-refractivity contribution in [2.24, 2.45) is 0 Å². The summed E-state index contributed by atoms with van der Waals surface area (Å²) < 4.78 is 41.8. The lowest BCUT2D eigenvalue weighted by Crippen LogP contribution is -2.51. The summed E-state index contributed by atoms with van der Waals surface area (Å²) in [7, 11) is 0. The van der Waals surface area contributed by atoms with Gasteiger partial charge in [-0.1, -0.05) is 85.0 Å². The van der Waals surface area contributed by atoms with Crippen LogP contribution in [0.4, 0.5) is 13.2 Å². The van der Waals surface area contributed by atoms with Crippen LogP contribution in [0.3, 0.4) is 0 Å². The van der Waals surface area contributed by atoms with E-state index in [1.54, 1.807) is 50.1 Å². The SMILES string of the molecule is C\C=C(/C=C\C(=C/C)c1ccc(C(F)(F)F)cc1)C(=O)N(CC1CCCN1Sc1ccc(S)cc1)[C@@H](Cc1ccc(-c2ccccc2)cc1)C(=O)O. The molecule has 1 saturated heterocycles. The van der Waals surface area contributed by atoms with E-state index in [4.69, 9.17) is 0 Å². The van der Waals surface area contributed by atoms with Crippen LogP contribution in [-0.2, 0) is 22.2 Å². The summed E-state index contributed by atoms with van der Waals surface area (Å²) in [5.74, 6) is -1.55. The molecule has 4 aromatic rings. The first-order valence-electron chi connectivity index (χ1n) is 17.1. The van der Waals surface area contributed by atoms with Crippen molar-refractivity contribution in [2.75, 3.05) is 13.1 Å². The van der Waals surface area contributed by atoms with Crippen LogP contribution >= 0.6 is 24.6 Å². The molecule has 1 aliphatic rings. The molecule has 1 aliphatic heterocycles. The highest BCUT2D eigenvalue weighted by Crippen LogP contribution is 2.34. The van der Waals surface area contributed by atoms with Crippen LogP contribution in [0.15, 0.2) is 143 Å². The maximum atomic E-state index is 14.5. The van der Waals surface area contributed by atoms with Gasteiger partial charge >= 0.3 is 12.1 Å². The fraction of sp³-hybridized carbons (Fsp3) is 0.238. The Labute approximate surface area is 313 Å². The van der Waals surface area contributed by atoms with Crippen molar-refractivity contribution < 1.29 is 27.9 Å². The maximum Gasteiger partial charge on any atom is 0.416 e. The Kier molecular flexibility index (Phi) is 13.3. The third kappa shape index (κ3) is 10.1. The van der Waals surface area contributed by atoms with Gasteiger partial charge in [0.25, 0.3) is 5.91 Å². The van der Waals surface area contributed by atoms with E-state index in [1.807, 2.05) is 78.9 Å². The normalized spacial score (nSPS) is 16.3. The van der Waals surface area contributed by atoms with Gasteiger partial charge in [-0.25, -0.2) is 9.10 Å². The average molecular weight is 743 g/mol. The van der Waals surface area contributed by atoms with Crippen molar-refractivity contribution in [3.05, 3.63) is 150 Å². The van der Waals surface area contributed by atoms with Crippen molar-refractivity contribution in [3.8, 4) is 11.1 Å². The van der Waals surface area contributed by atoms with Crippen LogP contribution in [-0.4, -0.2) is 51.4 Å². The van der Waals surface area contributed by atoms with Crippen molar-refractivity contribution in [1.82, 2.24) is 9.21 Å². The number of nitrogens with zero attached hydrogens (tertiary/aromatic N) is 2. The van der Waals surface area contributed by atoms with Gasteiger partial charge in [-0.05, 0) is 109 Å². The second-order valence-corrected chi connectivity index (χ2v) is 14.1. The van der Waals surface area contributed by atoms with Crippen molar-refractivity contribution in [1.29, 1.82) is 0 Å². The van der Waals surface area contributed by atoms with E-state index < -0.39 is 29.7 Å². The van der Waals surface area contributed by atoms with Crippen molar-refractivity contribution in [3.63, 3.8) is 0 Å². The zero-order valence-corrected chi connectivity index (χ0v) is 30.7. The maximum absolute atomic E-state index is 14.5. The zero-order valence-electron chi connectivity index (χ0n) is 29.0. The van der Waals surface area contributed by atoms with E-state index in [0.29, 0.717) is 11.1 Å². The van der Waals surface area contributed by atoms with Gasteiger partial charge in [-0.2, -0.15) is 13.2 Å². The summed E-state index contributed by atoms with van der Waals surface area (Å²) in [6.45, 7) is 4.45. The number of carbonyl (C=O) groups is 2. The fourth-order valence-corrected chi connectivity index (χ4v) is 7.42. The Bertz CT molecular complexity index is 1910. The second kappa shape index (κ2) is 17.8. The molecule has 52 heavy (non-hydrogen) atoms. The summed E-state index contributed by atoms with van der Waals surface area (Å²) in [5, 5.41) is 10.7. The number of carbonyl (C=O) groups excluding carboxylic acids is 1. The molecule has 1 amide bonds. The number of carboxylic acid groups (broad SMARTS) is 1. The van der Waals surface area contributed by atoms with Crippen LogP contribution < -0.4 is 0 Å². The monoisotopic (exact) mass is 742 g/mol. The first kappa shape index (κ1) is 38.7. The molecule has 5 rings (SSSR count). The van der Waals surface area contributed by atoms with Crippen LogP contribution in [0.1, 0.15) is 43.4 Å². The minimum Gasteiger partial charge on any atom is -0.480 e. The van der Waals surface area contributed by atoms with E-state index in [1.165, 1.54) is 17.0 Å². The molecule has 5 nitrogen and oxygen atoms in total. The molecule has 0 radical (unpaired) electrons. The highest BCUT2D eigenvalue weighted by atomic mass is 32.2. The first-order chi connectivity index (χ1) is 25.0. The summed E-state index contributed by atoms with van der Waals surface area (Å²) in [4.78, 5) is 30.9. The Morgan fingerprint density at radius 2 is 1.56 bits per heavy atom. The van der Waals surface area contributed by atoms with E-state index >= 15 is 0 Å². The predicted molar refractivity (Wildman–Crippen MR) is 206 cm³/mol. The molecule has 0 aromatic heterocycles. The molecule has 1 fully saturated rings. The van der Waals surface area contributed by atoms with Gasteiger partial charge in [-0.15, -0.1) is 12.6 Å². The van der Waals surface area contributed by atoms with Gasteiger partial charge in [0.15, 0.2) is 0 Å². The van der Waals surface area contributed by atoms with E-state index in [9.17, 15) is 27.9 Å². The largest absolute Gasteiger partial charge is 0.480 e. The lowest BCUT2D eigenvalue weighted by atomic mass is 9.98. The number of alkyl halides is 3. The molecule has 270 valence electrons. The zero-order chi connectivity index (χ0) is 37.3. The van der Waals surface area contributed by atoms with Gasteiger partial charge in [-0.3, -0.25) is 4.79 Å².